The third-order valence-corrected chi connectivity index (χ3v) is 3.48. The average molecular weight is 273 g/mol. The molecule has 0 unspecified atom stereocenters. The van der Waals surface area contributed by atoms with E-state index in [1.54, 1.807) is 6.20 Å². The number of benzene rings is 2. The fraction of sp³-hybridized carbons (Fsp3) is 0.111. The number of rotatable bonds is 3. The Kier molecular flexibility index (Phi) is 3.53. The second kappa shape index (κ2) is 5.64. The number of nitriles is 1. The topological polar surface area (TPSA) is 48.7 Å². The summed E-state index contributed by atoms with van der Waals surface area (Å²) in [7, 11) is 0. The van der Waals surface area contributed by atoms with Crippen molar-refractivity contribution in [2.45, 2.75) is 13.5 Å². The van der Waals surface area contributed by atoms with Crippen molar-refractivity contribution >= 4 is 16.6 Å². The molecule has 0 bridgehead atoms. The number of nitrogens with zero attached hydrogens (tertiary/aromatic N) is 2. The van der Waals surface area contributed by atoms with E-state index < -0.39 is 0 Å². The van der Waals surface area contributed by atoms with Gasteiger partial charge in [0.15, 0.2) is 0 Å². The van der Waals surface area contributed by atoms with Gasteiger partial charge in [0.2, 0.25) is 0 Å². The molecule has 0 saturated carbocycles. The number of anilines is 1. The average Bonchev–Trinajstić information content (AvgIpc) is 2.53. The maximum atomic E-state index is 9.21. The molecule has 3 nitrogen and oxygen atoms in total. The largest absolute Gasteiger partial charge is 0.380 e. The van der Waals surface area contributed by atoms with Gasteiger partial charge in [-0.2, -0.15) is 5.26 Å². The third kappa shape index (κ3) is 2.70. The van der Waals surface area contributed by atoms with Crippen molar-refractivity contribution < 1.29 is 0 Å². The predicted molar refractivity (Wildman–Crippen MR) is 85.0 cm³/mol. The fourth-order valence-corrected chi connectivity index (χ4v) is 2.41. The van der Waals surface area contributed by atoms with Crippen LogP contribution in [-0.4, -0.2) is 4.98 Å². The molecule has 2 aromatic carbocycles. The van der Waals surface area contributed by atoms with Gasteiger partial charge < -0.3 is 5.32 Å². The van der Waals surface area contributed by atoms with E-state index in [0.29, 0.717) is 12.1 Å². The summed E-state index contributed by atoms with van der Waals surface area (Å²) in [4.78, 5) is 4.45. The van der Waals surface area contributed by atoms with Crippen LogP contribution in [0.1, 0.15) is 16.7 Å². The highest BCUT2D eigenvalue weighted by atomic mass is 14.9. The molecular weight excluding hydrogens is 258 g/mol. The van der Waals surface area contributed by atoms with E-state index in [1.165, 1.54) is 0 Å². The Hall–Kier alpha value is -2.86. The molecule has 21 heavy (non-hydrogen) atoms. The van der Waals surface area contributed by atoms with E-state index >= 15 is 0 Å². The molecule has 0 saturated heterocycles. The lowest BCUT2D eigenvalue weighted by molar-refractivity contribution is 1.15. The Balaban J connectivity index is 1.89. The number of para-hydroxylation sites is 1. The summed E-state index contributed by atoms with van der Waals surface area (Å²) in [5.74, 6) is 0. The van der Waals surface area contributed by atoms with E-state index in [9.17, 15) is 5.26 Å². The zero-order valence-corrected chi connectivity index (χ0v) is 11.8. The molecule has 0 fully saturated rings. The summed E-state index contributed by atoms with van der Waals surface area (Å²) in [5, 5.41) is 13.7. The Labute approximate surface area is 123 Å². The quantitative estimate of drug-likeness (QED) is 0.783. The third-order valence-electron chi connectivity index (χ3n) is 3.48. The van der Waals surface area contributed by atoms with Crippen LogP contribution in [0.25, 0.3) is 10.9 Å². The molecule has 0 radical (unpaired) electrons. The minimum atomic E-state index is 0.645. The van der Waals surface area contributed by atoms with Gasteiger partial charge in [-0.3, -0.25) is 4.98 Å². The van der Waals surface area contributed by atoms with E-state index in [2.05, 4.69) is 34.6 Å². The van der Waals surface area contributed by atoms with Crippen LogP contribution >= 0.6 is 0 Å². The molecule has 0 aliphatic heterocycles. The summed E-state index contributed by atoms with van der Waals surface area (Å²) in [6.45, 7) is 2.63. The number of hydrogen-bond donors (Lipinski definition) is 1. The minimum absolute atomic E-state index is 0.645. The fourth-order valence-electron chi connectivity index (χ4n) is 2.41. The van der Waals surface area contributed by atoms with Crippen molar-refractivity contribution in [1.29, 1.82) is 5.26 Å². The van der Waals surface area contributed by atoms with Gasteiger partial charge in [0.25, 0.3) is 0 Å². The maximum Gasteiger partial charge on any atom is 0.101 e. The highest BCUT2D eigenvalue weighted by Crippen LogP contribution is 2.20. The Morgan fingerprint density at radius 3 is 2.86 bits per heavy atom. The number of aromatic nitrogens is 1. The van der Waals surface area contributed by atoms with Crippen LogP contribution in [0.15, 0.2) is 54.7 Å². The predicted octanol–water partition coefficient (Wildman–Crippen LogP) is 4.03. The molecule has 1 aromatic heterocycles. The van der Waals surface area contributed by atoms with Crippen molar-refractivity contribution in [3.63, 3.8) is 0 Å². The van der Waals surface area contributed by atoms with Crippen LogP contribution in [0.4, 0.5) is 5.69 Å². The van der Waals surface area contributed by atoms with Crippen molar-refractivity contribution in [2.24, 2.45) is 0 Å². The van der Waals surface area contributed by atoms with Crippen molar-refractivity contribution in [3.8, 4) is 6.07 Å². The first-order valence-corrected chi connectivity index (χ1v) is 6.85. The van der Waals surface area contributed by atoms with E-state index in [0.717, 1.165) is 27.7 Å². The van der Waals surface area contributed by atoms with Crippen LogP contribution in [0.2, 0.25) is 0 Å². The Morgan fingerprint density at radius 2 is 2.00 bits per heavy atom. The molecular formula is C18H15N3. The van der Waals surface area contributed by atoms with Crippen LogP contribution in [0.5, 0.6) is 0 Å². The van der Waals surface area contributed by atoms with Gasteiger partial charge in [0.1, 0.15) is 6.07 Å². The molecule has 1 N–H and O–H groups in total. The standard InChI is InChI=1S/C18H15N3/c1-13-7-8-17(16(10-13)11-19)21-12-15-5-2-4-14-6-3-9-20-18(14)15/h2-10,21H,12H2,1H3. The van der Waals surface area contributed by atoms with Crippen molar-refractivity contribution in [3.05, 3.63) is 71.4 Å². The molecule has 0 atom stereocenters. The van der Waals surface area contributed by atoms with Gasteiger partial charge in [-0.05, 0) is 36.2 Å². The van der Waals surface area contributed by atoms with Gasteiger partial charge in [-0.15, -0.1) is 0 Å². The highest BCUT2D eigenvalue weighted by molar-refractivity contribution is 5.81. The summed E-state index contributed by atoms with van der Waals surface area (Å²) < 4.78 is 0. The molecule has 3 rings (SSSR count). The zero-order valence-electron chi connectivity index (χ0n) is 11.8. The van der Waals surface area contributed by atoms with Crippen molar-refractivity contribution in [1.82, 2.24) is 4.98 Å². The number of aryl methyl sites for hydroxylation is 1. The lowest BCUT2D eigenvalue weighted by atomic mass is 10.1. The van der Waals surface area contributed by atoms with Gasteiger partial charge in [-0.25, -0.2) is 0 Å². The SMILES string of the molecule is Cc1ccc(NCc2cccc3cccnc23)c(C#N)c1. The number of hydrogen-bond acceptors (Lipinski definition) is 3. The van der Waals surface area contributed by atoms with Crippen LogP contribution in [-0.2, 0) is 6.54 Å². The zero-order chi connectivity index (χ0) is 14.7. The minimum Gasteiger partial charge on any atom is -0.380 e. The van der Waals surface area contributed by atoms with E-state index in [4.69, 9.17) is 0 Å². The molecule has 0 aliphatic carbocycles. The Morgan fingerprint density at radius 1 is 1.14 bits per heavy atom. The maximum absolute atomic E-state index is 9.21. The van der Waals surface area contributed by atoms with Gasteiger partial charge >= 0.3 is 0 Å². The smallest absolute Gasteiger partial charge is 0.101 e. The summed E-state index contributed by atoms with van der Waals surface area (Å²) >= 11 is 0. The lowest BCUT2D eigenvalue weighted by Crippen LogP contribution is -2.02. The molecule has 3 aromatic rings. The van der Waals surface area contributed by atoms with E-state index in [-0.39, 0.29) is 0 Å². The molecule has 102 valence electrons. The summed E-state index contributed by atoms with van der Waals surface area (Å²) in [6.07, 6.45) is 1.80. The molecule has 0 aliphatic rings. The number of nitrogens with one attached hydrogen (secondary N) is 1. The summed E-state index contributed by atoms with van der Waals surface area (Å²) in [5.41, 5.74) is 4.74. The normalized spacial score (nSPS) is 10.3. The van der Waals surface area contributed by atoms with Crippen LogP contribution in [0, 0.1) is 18.3 Å². The van der Waals surface area contributed by atoms with E-state index in [1.807, 2.05) is 37.3 Å². The van der Waals surface area contributed by atoms with Crippen LogP contribution < -0.4 is 5.32 Å². The molecule has 3 heteroatoms. The lowest BCUT2D eigenvalue weighted by Gasteiger charge is -2.10. The first kappa shape index (κ1) is 13.1. The first-order valence-electron chi connectivity index (χ1n) is 6.85. The van der Waals surface area contributed by atoms with Crippen molar-refractivity contribution in [2.75, 3.05) is 5.32 Å². The Bertz CT molecular complexity index is 826. The molecule has 0 spiro atoms. The highest BCUT2D eigenvalue weighted by Gasteiger charge is 2.04. The van der Waals surface area contributed by atoms with Crippen LogP contribution in [0.3, 0.4) is 0 Å². The first-order chi connectivity index (χ1) is 10.3. The molecule has 0 amide bonds. The van der Waals surface area contributed by atoms with Gasteiger partial charge in [-0.1, -0.05) is 30.3 Å². The van der Waals surface area contributed by atoms with Gasteiger partial charge in [0.05, 0.1) is 16.8 Å². The monoisotopic (exact) mass is 273 g/mol. The second-order valence-electron chi connectivity index (χ2n) is 5.01. The molecule has 1 heterocycles. The second-order valence-corrected chi connectivity index (χ2v) is 5.01. The number of fused-ring (bicyclic) bond motifs is 1. The summed E-state index contributed by atoms with van der Waals surface area (Å²) in [6, 6.07) is 18.2. The van der Waals surface area contributed by atoms with Gasteiger partial charge in [0, 0.05) is 18.1 Å². The number of pyridine rings is 1.